The monoisotopic (exact) mass is 462 g/mol. The second-order valence-electron chi connectivity index (χ2n) is 7.15. The van der Waals surface area contributed by atoms with E-state index < -0.39 is 15.9 Å². The zero-order valence-electron chi connectivity index (χ0n) is 16.7. The normalized spacial score (nSPS) is 12.8. The van der Waals surface area contributed by atoms with Crippen molar-refractivity contribution in [1.82, 2.24) is 4.31 Å². The van der Waals surface area contributed by atoms with Crippen LogP contribution >= 0.6 is 22.9 Å². The number of nitrogens with two attached hydrogens (primary N) is 1. The fourth-order valence-electron chi connectivity index (χ4n) is 3.23. The van der Waals surface area contributed by atoms with E-state index in [2.05, 4.69) is 0 Å². The smallest absolute Gasteiger partial charge is 0.249 e. The minimum absolute atomic E-state index is 0.0499. The molecule has 0 saturated carbocycles. The molecule has 0 aliphatic heterocycles. The maximum Gasteiger partial charge on any atom is 0.249 e. The molecule has 3 aromatic rings. The largest absolute Gasteiger partial charge is 0.366 e. The van der Waals surface area contributed by atoms with Crippen LogP contribution in [0.4, 0.5) is 0 Å². The summed E-state index contributed by atoms with van der Waals surface area (Å²) in [6, 6.07) is 15.2. The molecule has 8 heteroatoms. The van der Waals surface area contributed by atoms with Gasteiger partial charge in [0.15, 0.2) is 0 Å². The number of thiophene rings is 1. The molecule has 0 aliphatic rings. The number of carbonyl (C=O) groups is 1. The molecule has 3 rings (SSSR count). The van der Waals surface area contributed by atoms with Crippen LogP contribution in [0.15, 0.2) is 64.9 Å². The highest BCUT2D eigenvalue weighted by molar-refractivity contribution is 7.89. The van der Waals surface area contributed by atoms with Gasteiger partial charge >= 0.3 is 0 Å². The van der Waals surface area contributed by atoms with E-state index in [1.165, 1.54) is 16.4 Å². The molecule has 5 nitrogen and oxygen atoms in total. The molecule has 2 aromatic carbocycles. The summed E-state index contributed by atoms with van der Waals surface area (Å²) in [7, 11) is -3.89. The Kier molecular flexibility index (Phi) is 6.98. The second kappa shape index (κ2) is 9.31. The van der Waals surface area contributed by atoms with Crippen molar-refractivity contribution in [1.29, 1.82) is 0 Å². The van der Waals surface area contributed by atoms with Gasteiger partial charge in [0.05, 0.1) is 4.90 Å². The Balaban J connectivity index is 2.01. The zero-order valence-corrected chi connectivity index (χ0v) is 19.1. The van der Waals surface area contributed by atoms with E-state index in [0.29, 0.717) is 17.0 Å². The van der Waals surface area contributed by atoms with Gasteiger partial charge in [-0.3, -0.25) is 4.79 Å². The van der Waals surface area contributed by atoms with E-state index in [0.717, 1.165) is 10.4 Å². The average molecular weight is 463 g/mol. The number of carbonyl (C=O) groups excluding carboxylic acids is 1. The predicted octanol–water partition coefficient (Wildman–Crippen LogP) is 4.63. The summed E-state index contributed by atoms with van der Waals surface area (Å²) in [5, 5.41) is 2.56. The topological polar surface area (TPSA) is 80.5 Å². The molecule has 0 fully saturated rings. The minimum atomic E-state index is -3.89. The summed E-state index contributed by atoms with van der Waals surface area (Å²) >= 11 is 7.57. The van der Waals surface area contributed by atoms with E-state index in [1.54, 1.807) is 36.5 Å². The molecule has 2 N–H and O–H groups in total. The molecular weight excluding hydrogens is 440 g/mol. The van der Waals surface area contributed by atoms with Crippen LogP contribution in [0.5, 0.6) is 0 Å². The Hall–Kier alpha value is -2.19. The van der Waals surface area contributed by atoms with Crippen LogP contribution in [0.3, 0.4) is 0 Å². The van der Waals surface area contributed by atoms with Gasteiger partial charge in [0.25, 0.3) is 0 Å². The summed E-state index contributed by atoms with van der Waals surface area (Å²) < 4.78 is 28.7. The number of benzene rings is 2. The molecule has 0 saturated heterocycles. The lowest BCUT2D eigenvalue weighted by Gasteiger charge is -2.28. The summed E-state index contributed by atoms with van der Waals surface area (Å²) in [5.41, 5.74) is 7.09. The highest BCUT2D eigenvalue weighted by Crippen LogP contribution is 2.26. The number of sulfonamides is 1. The number of amides is 1. The molecule has 1 atom stereocenters. The summed E-state index contributed by atoms with van der Waals surface area (Å²) in [4.78, 5) is 12.9. The van der Waals surface area contributed by atoms with Crippen LogP contribution in [0.1, 0.15) is 33.3 Å². The van der Waals surface area contributed by atoms with Gasteiger partial charge in [-0.1, -0.05) is 35.9 Å². The second-order valence-corrected chi connectivity index (χ2v) is 10.5. The Bertz CT molecular complexity index is 1130. The van der Waals surface area contributed by atoms with Gasteiger partial charge in [0, 0.05) is 28.0 Å². The minimum Gasteiger partial charge on any atom is -0.366 e. The first kappa shape index (κ1) is 22.5. The number of primary amides is 1. The molecule has 30 heavy (non-hydrogen) atoms. The summed E-state index contributed by atoms with van der Waals surface area (Å²) in [6.07, 6.45) is 0.582. The number of hydrogen-bond donors (Lipinski definition) is 1. The quantitative estimate of drug-likeness (QED) is 0.529. The maximum absolute atomic E-state index is 13.6. The number of halogens is 1. The summed E-state index contributed by atoms with van der Waals surface area (Å²) in [6.45, 7) is 3.80. The molecule has 0 radical (unpaired) electrons. The molecule has 1 aromatic heterocycles. The Morgan fingerprint density at radius 2 is 1.87 bits per heavy atom. The van der Waals surface area contributed by atoms with Crippen LogP contribution in [0, 0.1) is 6.92 Å². The molecule has 1 heterocycles. The lowest BCUT2D eigenvalue weighted by Crippen LogP contribution is -2.39. The lowest BCUT2D eigenvalue weighted by molar-refractivity contribution is 0.0999. The van der Waals surface area contributed by atoms with Gasteiger partial charge in [0.1, 0.15) is 0 Å². The van der Waals surface area contributed by atoms with Gasteiger partial charge in [-0.25, -0.2) is 8.42 Å². The van der Waals surface area contributed by atoms with Crippen molar-refractivity contribution in [2.24, 2.45) is 5.73 Å². The standard InChI is InChI=1S/C22H23ClN2O3S2/c1-15-5-10-20(13-21(15)22(24)26)30(27,28)25(14-17-6-8-18(23)9-7-17)16(2)12-19-4-3-11-29-19/h3-11,13,16H,12,14H2,1-2H3,(H2,24,26). The number of hydrogen-bond acceptors (Lipinski definition) is 4. The SMILES string of the molecule is Cc1ccc(S(=O)(=O)N(Cc2ccc(Cl)cc2)C(C)Cc2cccs2)cc1C(N)=O. The molecule has 158 valence electrons. The highest BCUT2D eigenvalue weighted by Gasteiger charge is 2.30. The van der Waals surface area contributed by atoms with Crippen molar-refractivity contribution >= 4 is 38.9 Å². The first-order valence-electron chi connectivity index (χ1n) is 9.37. The van der Waals surface area contributed by atoms with Crippen LogP contribution in [-0.4, -0.2) is 24.7 Å². The van der Waals surface area contributed by atoms with Gasteiger partial charge in [-0.05, 0) is 67.1 Å². The lowest BCUT2D eigenvalue weighted by atomic mass is 10.1. The summed E-state index contributed by atoms with van der Waals surface area (Å²) in [5.74, 6) is -0.652. The van der Waals surface area contributed by atoms with Gasteiger partial charge in [-0.2, -0.15) is 4.31 Å². The van der Waals surface area contributed by atoms with E-state index in [9.17, 15) is 13.2 Å². The van der Waals surface area contributed by atoms with E-state index in [-0.39, 0.29) is 23.0 Å². The van der Waals surface area contributed by atoms with Crippen molar-refractivity contribution < 1.29 is 13.2 Å². The fraction of sp³-hybridized carbons (Fsp3) is 0.227. The van der Waals surface area contributed by atoms with Gasteiger partial charge in [0.2, 0.25) is 15.9 Å². The third kappa shape index (κ3) is 5.10. The van der Waals surface area contributed by atoms with Crippen LogP contribution in [-0.2, 0) is 23.0 Å². The first-order valence-corrected chi connectivity index (χ1v) is 12.1. The van der Waals surface area contributed by atoms with Crippen molar-refractivity contribution in [2.75, 3.05) is 0 Å². The van der Waals surface area contributed by atoms with Crippen LogP contribution in [0.25, 0.3) is 0 Å². The number of nitrogens with zero attached hydrogens (tertiary/aromatic N) is 1. The molecular formula is C22H23ClN2O3S2. The highest BCUT2D eigenvalue weighted by atomic mass is 35.5. The Morgan fingerprint density at radius 1 is 1.17 bits per heavy atom. The van der Waals surface area contributed by atoms with Crippen molar-refractivity contribution in [3.63, 3.8) is 0 Å². The van der Waals surface area contributed by atoms with Gasteiger partial charge in [-0.15, -0.1) is 11.3 Å². The Morgan fingerprint density at radius 3 is 2.47 bits per heavy atom. The average Bonchev–Trinajstić information content (AvgIpc) is 3.20. The van der Waals surface area contributed by atoms with E-state index in [4.69, 9.17) is 17.3 Å². The van der Waals surface area contributed by atoms with Crippen LogP contribution in [0.2, 0.25) is 5.02 Å². The fourth-order valence-corrected chi connectivity index (χ4v) is 5.83. The predicted molar refractivity (Wildman–Crippen MR) is 121 cm³/mol. The third-order valence-corrected chi connectivity index (χ3v) is 8.01. The molecule has 1 unspecified atom stereocenters. The Labute approximate surface area is 186 Å². The van der Waals surface area contributed by atoms with Crippen LogP contribution < -0.4 is 5.73 Å². The third-order valence-electron chi connectivity index (χ3n) is 4.90. The molecule has 0 aliphatic carbocycles. The van der Waals surface area contributed by atoms with E-state index >= 15 is 0 Å². The van der Waals surface area contributed by atoms with Crippen molar-refractivity contribution in [3.05, 3.63) is 86.6 Å². The molecule has 1 amide bonds. The van der Waals surface area contributed by atoms with E-state index in [1.807, 2.05) is 36.6 Å². The van der Waals surface area contributed by atoms with Gasteiger partial charge < -0.3 is 5.73 Å². The molecule has 0 bridgehead atoms. The first-order chi connectivity index (χ1) is 14.2. The molecule has 0 spiro atoms. The zero-order chi connectivity index (χ0) is 21.9. The number of aryl methyl sites for hydroxylation is 1. The maximum atomic E-state index is 13.6. The number of rotatable bonds is 8. The van der Waals surface area contributed by atoms with Crippen molar-refractivity contribution in [2.45, 2.75) is 37.8 Å². The van der Waals surface area contributed by atoms with Crippen molar-refractivity contribution in [3.8, 4) is 0 Å².